The monoisotopic (exact) mass is 546 g/mol. The van der Waals surface area contributed by atoms with E-state index >= 15 is 0 Å². The summed E-state index contributed by atoms with van der Waals surface area (Å²) in [5.74, 6) is -4.21. The fourth-order valence-electron chi connectivity index (χ4n) is 4.07. The van der Waals surface area contributed by atoms with E-state index in [1.165, 1.54) is 23.1 Å². The maximum absolute atomic E-state index is 13.8. The van der Waals surface area contributed by atoms with E-state index in [1.54, 1.807) is 12.1 Å². The lowest BCUT2D eigenvalue weighted by Crippen LogP contribution is -2.53. The number of carbonyl (C=O) groups is 3. The number of amides is 3. The van der Waals surface area contributed by atoms with Crippen molar-refractivity contribution >= 4 is 40.9 Å². The molecule has 0 bridgehead atoms. The third-order valence-electron chi connectivity index (χ3n) is 5.96. The Bertz CT molecular complexity index is 1300. The van der Waals surface area contributed by atoms with E-state index in [-0.39, 0.29) is 40.8 Å². The van der Waals surface area contributed by atoms with E-state index in [4.69, 9.17) is 28.9 Å². The molecule has 0 radical (unpaired) electrons. The summed E-state index contributed by atoms with van der Waals surface area (Å²) in [7, 11) is 0. The minimum Gasteiger partial charge on any atom is -0.349 e. The number of hydrogen-bond donors (Lipinski definition) is 2. The summed E-state index contributed by atoms with van der Waals surface area (Å²) in [5.41, 5.74) is 7.35. The largest absolute Gasteiger partial charge is 0.349 e. The van der Waals surface area contributed by atoms with Gasteiger partial charge in [-0.15, -0.1) is 0 Å². The van der Waals surface area contributed by atoms with Gasteiger partial charge in [-0.05, 0) is 47.5 Å². The highest BCUT2D eigenvalue weighted by atomic mass is 35.5. The maximum atomic E-state index is 13.8. The summed E-state index contributed by atoms with van der Waals surface area (Å²) in [6, 6.07) is 14.3. The van der Waals surface area contributed by atoms with Crippen molar-refractivity contribution in [2.45, 2.75) is 19.3 Å². The van der Waals surface area contributed by atoms with Gasteiger partial charge in [0.15, 0.2) is 17.8 Å². The van der Waals surface area contributed by atoms with Crippen molar-refractivity contribution in [1.82, 2.24) is 15.1 Å². The predicted molar refractivity (Wildman–Crippen MR) is 135 cm³/mol. The highest BCUT2D eigenvalue weighted by Gasteiger charge is 2.43. The average molecular weight is 547 g/mol. The molecule has 3 amide bonds. The molecule has 1 aliphatic heterocycles. The smallest absolute Gasteiger partial charge is 0.264 e. The Morgan fingerprint density at radius 3 is 2.08 bits per heavy atom. The molecule has 0 saturated carbocycles. The molecule has 1 fully saturated rings. The van der Waals surface area contributed by atoms with Gasteiger partial charge in [0.2, 0.25) is 0 Å². The number of benzene rings is 3. The zero-order chi connectivity index (χ0) is 26.7. The molecule has 11 heteroatoms. The van der Waals surface area contributed by atoms with Crippen molar-refractivity contribution in [3.05, 3.63) is 105 Å². The Morgan fingerprint density at radius 1 is 0.838 bits per heavy atom. The average Bonchev–Trinajstić information content (AvgIpc) is 3.35. The second-order valence-corrected chi connectivity index (χ2v) is 9.18. The summed E-state index contributed by atoms with van der Waals surface area (Å²) in [6.07, 6.45) is -1.35. The zero-order valence-corrected chi connectivity index (χ0v) is 20.9. The SMILES string of the molecule is NCc1cccc(CNC(=O)C2N(C(=O)c3ccc(F)c(F)c3)CCN2C(=O)c2ccc(Cl)c(Cl)c2)c1. The van der Waals surface area contributed by atoms with Crippen LogP contribution in [0.25, 0.3) is 0 Å². The molecule has 1 aliphatic rings. The Hall–Kier alpha value is -3.53. The second kappa shape index (κ2) is 11.2. The molecule has 4 rings (SSSR count). The molecule has 3 aromatic carbocycles. The van der Waals surface area contributed by atoms with Gasteiger partial charge in [-0.25, -0.2) is 8.78 Å². The topological polar surface area (TPSA) is 95.7 Å². The van der Waals surface area contributed by atoms with Crippen molar-refractivity contribution in [2.24, 2.45) is 5.73 Å². The molecular formula is C26H22Cl2F2N4O3. The van der Waals surface area contributed by atoms with E-state index in [0.29, 0.717) is 6.54 Å². The van der Waals surface area contributed by atoms with Crippen LogP contribution < -0.4 is 11.1 Å². The van der Waals surface area contributed by atoms with E-state index < -0.39 is 35.5 Å². The number of halogens is 4. The molecule has 192 valence electrons. The van der Waals surface area contributed by atoms with Crippen LogP contribution in [0.15, 0.2) is 60.7 Å². The first kappa shape index (κ1) is 26.5. The number of carbonyl (C=O) groups excluding carboxylic acids is 3. The lowest BCUT2D eigenvalue weighted by molar-refractivity contribution is -0.128. The van der Waals surface area contributed by atoms with Crippen LogP contribution >= 0.6 is 23.2 Å². The fraction of sp³-hybridized carbons (Fsp3) is 0.192. The van der Waals surface area contributed by atoms with Gasteiger partial charge in [0, 0.05) is 37.3 Å². The van der Waals surface area contributed by atoms with Crippen LogP contribution in [-0.2, 0) is 17.9 Å². The lowest BCUT2D eigenvalue weighted by Gasteiger charge is -2.29. The summed E-state index contributed by atoms with van der Waals surface area (Å²) in [4.78, 5) is 42.4. The van der Waals surface area contributed by atoms with Gasteiger partial charge in [-0.3, -0.25) is 14.4 Å². The fourth-order valence-corrected chi connectivity index (χ4v) is 4.37. The van der Waals surface area contributed by atoms with Crippen LogP contribution in [-0.4, -0.2) is 46.8 Å². The molecule has 7 nitrogen and oxygen atoms in total. The van der Waals surface area contributed by atoms with Crippen LogP contribution in [0.3, 0.4) is 0 Å². The number of nitrogens with zero attached hydrogens (tertiary/aromatic N) is 2. The summed E-state index contributed by atoms with van der Waals surface area (Å²) >= 11 is 12.0. The third-order valence-corrected chi connectivity index (χ3v) is 6.69. The third kappa shape index (κ3) is 5.74. The van der Waals surface area contributed by atoms with Crippen LogP contribution in [0, 0.1) is 11.6 Å². The number of rotatable bonds is 6. The molecule has 1 saturated heterocycles. The normalized spacial score (nSPS) is 15.1. The number of hydrogen-bond acceptors (Lipinski definition) is 4. The number of nitrogens with two attached hydrogens (primary N) is 1. The van der Waals surface area contributed by atoms with Crippen LogP contribution in [0.5, 0.6) is 0 Å². The first-order valence-corrected chi connectivity index (χ1v) is 12.0. The van der Waals surface area contributed by atoms with Gasteiger partial charge < -0.3 is 20.9 Å². The second-order valence-electron chi connectivity index (χ2n) is 8.37. The van der Waals surface area contributed by atoms with Crippen molar-refractivity contribution in [1.29, 1.82) is 0 Å². The van der Waals surface area contributed by atoms with Gasteiger partial charge in [0.25, 0.3) is 17.7 Å². The maximum Gasteiger partial charge on any atom is 0.264 e. The Balaban J connectivity index is 1.63. The van der Waals surface area contributed by atoms with Crippen molar-refractivity contribution in [2.75, 3.05) is 13.1 Å². The lowest BCUT2D eigenvalue weighted by atomic mass is 10.1. The highest BCUT2D eigenvalue weighted by molar-refractivity contribution is 6.42. The van der Waals surface area contributed by atoms with Gasteiger partial charge in [0.1, 0.15) is 0 Å². The van der Waals surface area contributed by atoms with E-state index in [1.807, 2.05) is 12.1 Å². The molecule has 0 aromatic heterocycles. The Morgan fingerprint density at radius 2 is 1.46 bits per heavy atom. The minimum absolute atomic E-state index is 0.00830. The minimum atomic E-state index is -1.35. The van der Waals surface area contributed by atoms with Gasteiger partial charge in [-0.2, -0.15) is 0 Å². The highest BCUT2D eigenvalue weighted by Crippen LogP contribution is 2.26. The molecule has 1 heterocycles. The molecule has 0 spiro atoms. The molecule has 3 N–H and O–H groups in total. The number of nitrogens with one attached hydrogen (secondary N) is 1. The van der Waals surface area contributed by atoms with Crippen molar-refractivity contribution in [3.63, 3.8) is 0 Å². The first-order valence-electron chi connectivity index (χ1n) is 11.3. The standard InChI is InChI=1S/C26H22Cl2F2N4O3/c27-19-6-4-17(11-20(19)28)25(36)33-8-9-34(26(37)18-5-7-21(29)22(30)12-18)24(33)23(35)32-14-16-3-1-2-15(10-16)13-31/h1-7,10-12,24H,8-9,13-14,31H2,(H,32,35). The van der Waals surface area contributed by atoms with Crippen LogP contribution in [0.1, 0.15) is 31.8 Å². The predicted octanol–water partition coefficient (Wildman–Crippen LogP) is 3.97. The van der Waals surface area contributed by atoms with Crippen LogP contribution in [0.4, 0.5) is 8.78 Å². The molecular weight excluding hydrogens is 525 g/mol. The van der Waals surface area contributed by atoms with E-state index in [9.17, 15) is 23.2 Å². The van der Waals surface area contributed by atoms with Crippen molar-refractivity contribution < 1.29 is 23.2 Å². The molecule has 37 heavy (non-hydrogen) atoms. The summed E-state index contributed by atoms with van der Waals surface area (Å²) < 4.78 is 27.3. The zero-order valence-electron chi connectivity index (χ0n) is 19.4. The van der Waals surface area contributed by atoms with Crippen LogP contribution in [0.2, 0.25) is 10.0 Å². The van der Waals surface area contributed by atoms with E-state index in [0.717, 1.165) is 34.2 Å². The van der Waals surface area contributed by atoms with Gasteiger partial charge in [0.05, 0.1) is 10.0 Å². The summed E-state index contributed by atoms with van der Waals surface area (Å²) in [6.45, 7) is 0.457. The molecule has 3 aromatic rings. The Kier molecular flexibility index (Phi) is 8.06. The van der Waals surface area contributed by atoms with Gasteiger partial charge in [-0.1, -0.05) is 47.5 Å². The molecule has 1 unspecified atom stereocenters. The molecule has 1 atom stereocenters. The summed E-state index contributed by atoms with van der Waals surface area (Å²) in [5, 5.41) is 3.17. The van der Waals surface area contributed by atoms with E-state index in [2.05, 4.69) is 5.32 Å². The first-order chi connectivity index (χ1) is 17.7. The molecule has 0 aliphatic carbocycles. The van der Waals surface area contributed by atoms with Crippen molar-refractivity contribution in [3.8, 4) is 0 Å². The Labute approximate surface area is 221 Å². The quantitative estimate of drug-likeness (QED) is 0.489. The van der Waals surface area contributed by atoms with Gasteiger partial charge >= 0.3 is 0 Å².